The monoisotopic (exact) mass is 345 g/mol. The van der Waals surface area contributed by atoms with Crippen LogP contribution in [0.5, 0.6) is 0 Å². The molecule has 0 aromatic heterocycles. The van der Waals surface area contributed by atoms with Crippen molar-refractivity contribution in [3.63, 3.8) is 0 Å². The Morgan fingerprint density at radius 1 is 1.04 bits per heavy atom. The number of amides is 3. The van der Waals surface area contributed by atoms with Gasteiger partial charge in [0.15, 0.2) is 0 Å². The van der Waals surface area contributed by atoms with Crippen LogP contribution in [-0.4, -0.2) is 59.0 Å². The number of rotatable bonds is 3. The standard InChI is InChI=1S/C18H23N3O4/c22-16(21-10-5-13-3-1-2-4-15(13)12-21)11-19-18(25)20-8-6-14(7-9-20)17(23)24/h1-4,14H,5-12H2,(H,19,25)(H,23,24). The molecule has 0 unspecified atom stereocenters. The molecule has 134 valence electrons. The number of carboxylic acids is 1. The Labute approximate surface area is 146 Å². The SMILES string of the molecule is O=C(O)C1CCN(C(=O)NCC(=O)N2CCc3ccccc3C2)CC1. The topological polar surface area (TPSA) is 90.0 Å². The minimum atomic E-state index is -0.805. The zero-order valence-corrected chi connectivity index (χ0v) is 14.1. The van der Waals surface area contributed by atoms with E-state index in [0.29, 0.717) is 39.0 Å². The van der Waals surface area contributed by atoms with Crippen molar-refractivity contribution in [2.24, 2.45) is 5.92 Å². The fraction of sp³-hybridized carbons (Fsp3) is 0.500. The van der Waals surface area contributed by atoms with Crippen LogP contribution in [-0.2, 0) is 22.6 Å². The summed E-state index contributed by atoms with van der Waals surface area (Å²) in [6.45, 7) is 2.03. The lowest BCUT2D eigenvalue weighted by atomic mass is 9.97. The Morgan fingerprint density at radius 3 is 2.40 bits per heavy atom. The maximum atomic E-state index is 12.4. The number of urea groups is 1. The van der Waals surface area contributed by atoms with E-state index in [1.54, 1.807) is 9.80 Å². The molecule has 2 aliphatic heterocycles. The Balaban J connectivity index is 1.45. The molecule has 1 saturated heterocycles. The van der Waals surface area contributed by atoms with E-state index in [1.165, 1.54) is 5.56 Å². The number of hydrogen-bond acceptors (Lipinski definition) is 3. The number of nitrogens with one attached hydrogen (secondary N) is 1. The number of fused-ring (bicyclic) bond motifs is 1. The molecule has 0 radical (unpaired) electrons. The number of piperidine rings is 1. The van der Waals surface area contributed by atoms with Crippen molar-refractivity contribution in [1.82, 2.24) is 15.1 Å². The second kappa shape index (κ2) is 7.55. The first-order valence-corrected chi connectivity index (χ1v) is 8.64. The fourth-order valence-electron chi connectivity index (χ4n) is 3.41. The van der Waals surface area contributed by atoms with Gasteiger partial charge in [-0.1, -0.05) is 24.3 Å². The van der Waals surface area contributed by atoms with Gasteiger partial charge in [-0.05, 0) is 30.4 Å². The molecule has 1 aromatic rings. The molecule has 0 spiro atoms. The number of carbonyl (C=O) groups is 3. The van der Waals surface area contributed by atoms with Gasteiger partial charge < -0.3 is 20.2 Å². The lowest BCUT2D eigenvalue weighted by molar-refractivity contribution is -0.143. The Kier molecular flexibility index (Phi) is 5.21. The highest BCUT2D eigenvalue weighted by Gasteiger charge is 2.27. The summed E-state index contributed by atoms with van der Waals surface area (Å²) in [4.78, 5) is 38.8. The van der Waals surface area contributed by atoms with E-state index in [4.69, 9.17) is 5.11 Å². The van der Waals surface area contributed by atoms with E-state index in [0.717, 1.165) is 12.0 Å². The number of hydrogen-bond donors (Lipinski definition) is 2. The Bertz CT molecular complexity index is 668. The lowest BCUT2D eigenvalue weighted by Crippen LogP contribution is -2.49. The van der Waals surface area contributed by atoms with E-state index in [2.05, 4.69) is 11.4 Å². The van der Waals surface area contributed by atoms with Gasteiger partial charge in [0, 0.05) is 26.2 Å². The van der Waals surface area contributed by atoms with Crippen molar-refractivity contribution in [2.45, 2.75) is 25.8 Å². The second-order valence-electron chi connectivity index (χ2n) is 6.59. The number of aliphatic carboxylic acids is 1. The Morgan fingerprint density at radius 2 is 1.72 bits per heavy atom. The first kappa shape index (κ1) is 17.3. The number of likely N-dealkylation sites (tertiary alicyclic amines) is 1. The van der Waals surface area contributed by atoms with Crippen molar-refractivity contribution in [3.05, 3.63) is 35.4 Å². The maximum Gasteiger partial charge on any atom is 0.317 e. The van der Waals surface area contributed by atoms with Gasteiger partial charge in [-0.2, -0.15) is 0 Å². The van der Waals surface area contributed by atoms with E-state index >= 15 is 0 Å². The number of carboxylic acid groups (broad SMARTS) is 1. The van der Waals surface area contributed by atoms with Crippen LogP contribution in [0.25, 0.3) is 0 Å². The first-order chi connectivity index (χ1) is 12.0. The molecule has 0 bridgehead atoms. The van der Waals surface area contributed by atoms with Gasteiger partial charge in [-0.25, -0.2) is 4.79 Å². The van der Waals surface area contributed by atoms with Crippen molar-refractivity contribution in [3.8, 4) is 0 Å². The largest absolute Gasteiger partial charge is 0.481 e. The highest BCUT2D eigenvalue weighted by molar-refractivity contribution is 5.84. The third kappa shape index (κ3) is 4.10. The van der Waals surface area contributed by atoms with E-state index in [-0.39, 0.29) is 24.4 Å². The molecule has 3 amide bonds. The van der Waals surface area contributed by atoms with Crippen LogP contribution in [0.4, 0.5) is 4.79 Å². The summed E-state index contributed by atoms with van der Waals surface area (Å²) >= 11 is 0. The molecule has 0 saturated carbocycles. The molecule has 2 N–H and O–H groups in total. The van der Waals surface area contributed by atoms with E-state index < -0.39 is 5.97 Å². The number of carbonyl (C=O) groups excluding carboxylic acids is 2. The number of nitrogens with zero attached hydrogens (tertiary/aromatic N) is 2. The van der Waals surface area contributed by atoms with Crippen LogP contribution in [0.15, 0.2) is 24.3 Å². The van der Waals surface area contributed by atoms with Crippen molar-refractivity contribution < 1.29 is 19.5 Å². The molecule has 0 atom stereocenters. The summed E-state index contributed by atoms with van der Waals surface area (Å²) in [5.74, 6) is -1.28. The van der Waals surface area contributed by atoms with Crippen LogP contribution in [0.3, 0.4) is 0 Å². The highest BCUT2D eigenvalue weighted by atomic mass is 16.4. The summed E-state index contributed by atoms with van der Waals surface area (Å²) in [7, 11) is 0. The molecule has 2 aliphatic rings. The van der Waals surface area contributed by atoms with Gasteiger partial charge in [-0.15, -0.1) is 0 Å². The predicted octanol–water partition coefficient (Wildman–Crippen LogP) is 1.08. The molecule has 7 heteroatoms. The lowest BCUT2D eigenvalue weighted by Gasteiger charge is -2.31. The molecular formula is C18H23N3O4. The smallest absolute Gasteiger partial charge is 0.317 e. The first-order valence-electron chi connectivity index (χ1n) is 8.64. The highest BCUT2D eigenvalue weighted by Crippen LogP contribution is 2.19. The van der Waals surface area contributed by atoms with Crippen molar-refractivity contribution in [2.75, 3.05) is 26.2 Å². The van der Waals surface area contributed by atoms with E-state index in [9.17, 15) is 14.4 Å². The van der Waals surface area contributed by atoms with Crippen LogP contribution >= 0.6 is 0 Å². The quantitative estimate of drug-likeness (QED) is 0.858. The molecule has 2 heterocycles. The molecule has 3 rings (SSSR count). The number of benzene rings is 1. The summed E-state index contributed by atoms with van der Waals surface area (Å²) < 4.78 is 0. The second-order valence-corrected chi connectivity index (χ2v) is 6.59. The Hall–Kier alpha value is -2.57. The third-order valence-corrected chi connectivity index (χ3v) is 5.01. The summed E-state index contributed by atoms with van der Waals surface area (Å²) in [5, 5.41) is 11.6. The summed E-state index contributed by atoms with van der Waals surface area (Å²) in [5.41, 5.74) is 2.43. The van der Waals surface area contributed by atoms with Crippen molar-refractivity contribution in [1.29, 1.82) is 0 Å². The minimum Gasteiger partial charge on any atom is -0.481 e. The van der Waals surface area contributed by atoms with Crippen LogP contribution in [0, 0.1) is 5.92 Å². The molecule has 7 nitrogen and oxygen atoms in total. The minimum absolute atomic E-state index is 0.0279. The van der Waals surface area contributed by atoms with Gasteiger partial charge in [0.2, 0.25) is 5.91 Å². The van der Waals surface area contributed by atoms with Crippen LogP contribution in [0.2, 0.25) is 0 Å². The molecule has 0 aliphatic carbocycles. The molecular weight excluding hydrogens is 322 g/mol. The average molecular weight is 345 g/mol. The summed E-state index contributed by atoms with van der Waals surface area (Å²) in [6.07, 6.45) is 1.75. The molecule has 1 aromatic carbocycles. The zero-order chi connectivity index (χ0) is 17.8. The third-order valence-electron chi connectivity index (χ3n) is 5.01. The average Bonchev–Trinajstić information content (AvgIpc) is 2.65. The maximum absolute atomic E-state index is 12.4. The van der Waals surface area contributed by atoms with Gasteiger partial charge in [0.1, 0.15) is 0 Å². The van der Waals surface area contributed by atoms with Gasteiger partial charge in [-0.3, -0.25) is 9.59 Å². The van der Waals surface area contributed by atoms with Gasteiger partial charge >= 0.3 is 12.0 Å². The van der Waals surface area contributed by atoms with Crippen LogP contribution in [0.1, 0.15) is 24.0 Å². The van der Waals surface area contributed by atoms with Gasteiger partial charge in [0.05, 0.1) is 12.5 Å². The normalized spacial score (nSPS) is 17.8. The van der Waals surface area contributed by atoms with E-state index in [1.807, 2.05) is 18.2 Å². The summed E-state index contributed by atoms with van der Waals surface area (Å²) in [6, 6.07) is 7.79. The predicted molar refractivity (Wildman–Crippen MR) is 90.9 cm³/mol. The fourth-order valence-corrected chi connectivity index (χ4v) is 3.41. The zero-order valence-electron chi connectivity index (χ0n) is 14.1. The molecule has 25 heavy (non-hydrogen) atoms. The van der Waals surface area contributed by atoms with Gasteiger partial charge in [0.25, 0.3) is 0 Å². The van der Waals surface area contributed by atoms with Crippen LogP contribution < -0.4 is 5.32 Å². The molecule has 1 fully saturated rings. The van der Waals surface area contributed by atoms with Crippen molar-refractivity contribution >= 4 is 17.9 Å².